The third-order valence-electron chi connectivity index (χ3n) is 4.75. The van der Waals surface area contributed by atoms with Crippen molar-refractivity contribution < 1.29 is 13.6 Å². The van der Waals surface area contributed by atoms with Crippen molar-refractivity contribution in [3.05, 3.63) is 59.8 Å². The number of carbonyl (C=O) groups excluding carboxylic acids is 1. The fourth-order valence-electron chi connectivity index (χ4n) is 3.15. The molecule has 8 heteroatoms. The van der Waals surface area contributed by atoms with Crippen LogP contribution >= 0.6 is 0 Å². The molecule has 3 aromatic rings. The number of benzene rings is 2. The second-order valence-corrected chi connectivity index (χ2v) is 6.76. The maximum absolute atomic E-state index is 13.5. The van der Waals surface area contributed by atoms with Crippen molar-refractivity contribution >= 4 is 28.4 Å². The van der Waals surface area contributed by atoms with Gasteiger partial charge < -0.3 is 15.1 Å². The fraction of sp³-hybridized carbons (Fsp3) is 0.250. The van der Waals surface area contributed by atoms with Gasteiger partial charge in [0.25, 0.3) is 5.91 Å². The summed E-state index contributed by atoms with van der Waals surface area (Å²) in [5.41, 5.74) is 1.60. The van der Waals surface area contributed by atoms with Crippen molar-refractivity contribution in [3.63, 3.8) is 0 Å². The number of nitrogens with one attached hydrogen (secondary N) is 1. The number of aromatic nitrogens is 2. The van der Waals surface area contributed by atoms with Gasteiger partial charge >= 0.3 is 0 Å². The number of hydrogen-bond donors (Lipinski definition) is 1. The van der Waals surface area contributed by atoms with Crippen LogP contribution in [0.5, 0.6) is 0 Å². The molecule has 0 saturated carbocycles. The van der Waals surface area contributed by atoms with Gasteiger partial charge in [-0.15, -0.1) is 0 Å². The minimum atomic E-state index is -1.03. The van der Waals surface area contributed by atoms with E-state index in [9.17, 15) is 13.6 Å². The molecule has 0 spiro atoms. The lowest BCUT2D eigenvalue weighted by Gasteiger charge is -2.33. The van der Waals surface area contributed by atoms with Crippen LogP contribution in [0, 0.1) is 11.6 Å². The summed E-state index contributed by atoms with van der Waals surface area (Å²) in [5.74, 6) is -2.02. The first kappa shape index (κ1) is 18.2. The van der Waals surface area contributed by atoms with Crippen LogP contribution in [-0.4, -0.2) is 54.0 Å². The molecule has 144 valence electrons. The van der Waals surface area contributed by atoms with Crippen LogP contribution < -0.4 is 10.2 Å². The number of para-hydroxylation sites is 2. The highest BCUT2D eigenvalue weighted by atomic mass is 19.2. The first-order chi connectivity index (χ1) is 13.5. The highest BCUT2D eigenvalue weighted by Gasteiger charge is 2.24. The molecule has 0 atom stereocenters. The largest absolute Gasteiger partial charge is 0.352 e. The van der Waals surface area contributed by atoms with E-state index in [2.05, 4.69) is 20.2 Å². The van der Waals surface area contributed by atoms with Crippen LogP contribution in [0.2, 0.25) is 0 Å². The van der Waals surface area contributed by atoms with E-state index < -0.39 is 17.5 Å². The van der Waals surface area contributed by atoms with Crippen molar-refractivity contribution in [3.8, 4) is 0 Å². The summed E-state index contributed by atoms with van der Waals surface area (Å²) in [6.45, 7) is 3.13. The van der Waals surface area contributed by atoms with Gasteiger partial charge in [-0.05, 0) is 31.3 Å². The summed E-state index contributed by atoms with van der Waals surface area (Å²) >= 11 is 0. The molecule has 0 bridgehead atoms. The summed E-state index contributed by atoms with van der Waals surface area (Å²) in [4.78, 5) is 26.3. The molecule has 28 heavy (non-hydrogen) atoms. The predicted molar refractivity (Wildman–Crippen MR) is 104 cm³/mol. The zero-order valence-corrected chi connectivity index (χ0v) is 15.3. The van der Waals surface area contributed by atoms with Crippen LogP contribution in [0.4, 0.5) is 20.3 Å². The van der Waals surface area contributed by atoms with Crippen molar-refractivity contribution in [2.75, 3.05) is 43.4 Å². The highest BCUT2D eigenvalue weighted by molar-refractivity contribution is 6.07. The number of halogens is 2. The number of carbonyl (C=O) groups is 1. The van der Waals surface area contributed by atoms with E-state index in [0.29, 0.717) is 16.9 Å². The van der Waals surface area contributed by atoms with Gasteiger partial charge in [-0.1, -0.05) is 12.1 Å². The van der Waals surface area contributed by atoms with Gasteiger partial charge in [0.1, 0.15) is 0 Å². The number of nitrogens with zero attached hydrogens (tertiary/aromatic N) is 4. The van der Waals surface area contributed by atoms with Crippen LogP contribution in [0.15, 0.2) is 42.5 Å². The van der Waals surface area contributed by atoms with E-state index >= 15 is 0 Å². The molecule has 6 nitrogen and oxygen atoms in total. The molecule has 1 aliphatic rings. The lowest BCUT2D eigenvalue weighted by molar-refractivity contribution is 0.102. The Morgan fingerprint density at radius 2 is 1.64 bits per heavy atom. The van der Waals surface area contributed by atoms with Crippen molar-refractivity contribution in [2.24, 2.45) is 0 Å². The number of amides is 1. The van der Waals surface area contributed by atoms with Crippen LogP contribution in [0.25, 0.3) is 11.0 Å². The highest BCUT2D eigenvalue weighted by Crippen LogP contribution is 2.23. The summed E-state index contributed by atoms with van der Waals surface area (Å²) < 4.78 is 26.6. The van der Waals surface area contributed by atoms with Crippen LogP contribution in [-0.2, 0) is 0 Å². The molecule has 1 saturated heterocycles. The molecule has 1 aromatic heterocycles. The van der Waals surface area contributed by atoms with Gasteiger partial charge in [0.2, 0.25) is 0 Å². The fourth-order valence-corrected chi connectivity index (χ4v) is 3.15. The van der Waals surface area contributed by atoms with Crippen LogP contribution in [0.3, 0.4) is 0 Å². The molecule has 1 amide bonds. The van der Waals surface area contributed by atoms with Gasteiger partial charge in [-0.25, -0.2) is 18.7 Å². The summed E-state index contributed by atoms with van der Waals surface area (Å²) in [6.07, 6.45) is 0. The molecule has 1 fully saturated rings. The van der Waals surface area contributed by atoms with Crippen molar-refractivity contribution in [2.45, 2.75) is 0 Å². The lowest BCUT2D eigenvalue weighted by Crippen LogP contribution is -2.45. The zero-order chi connectivity index (χ0) is 19.7. The average molecular weight is 383 g/mol. The Morgan fingerprint density at radius 3 is 2.32 bits per heavy atom. The number of hydrogen-bond acceptors (Lipinski definition) is 5. The zero-order valence-electron chi connectivity index (χ0n) is 15.3. The summed E-state index contributed by atoms with van der Waals surface area (Å²) in [6, 6.07) is 10.5. The number of fused-ring (bicyclic) bond motifs is 1. The quantitative estimate of drug-likeness (QED) is 0.754. The van der Waals surface area contributed by atoms with E-state index in [1.54, 1.807) is 6.07 Å². The topological polar surface area (TPSA) is 61.4 Å². The third kappa shape index (κ3) is 3.63. The average Bonchev–Trinajstić information content (AvgIpc) is 2.70. The maximum atomic E-state index is 13.5. The standard InChI is InChI=1S/C20H19F2N5O/c1-26-8-10-27(11-9-26)19-18(24-16-4-2-3-5-17(16)25-19)20(28)23-13-6-7-14(21)15(22)12-13/h2-7,12H,8-11H2,1H3,(H,23,28). The Labute approximate surface area is 160 Å². The Hall–Kier alpha value is -3.13. The van der Waals surface area contributed by atoms with E-state index in [0.717, 1.165) is 38.3 Å². The van der Waals surface area contributed by atoms with Gasteiger partial charge in [-0.2, -0.15) is 0 Å². The smallest absolute Gasteiger partial charge is 0.278 e. The van der Waals surface area contributed by atoms with E-state index in [1.165, 1.54) is 6.07 Å². The molecule has 2 aromatic carbocycles. The van der Waals surface area contributed by atoms with E-state index in [4.69, 9.17) is 0 Å². The third-order valence-corrected chi connectivity index (χ3v) is 4.75. The molecule has 0 aliphatic carbocycles. The Kier molecular flexibility index (Phi) is 4.87. The molecule has 1 N–H and O–H groups in total. The predicted octanol–water partition coefficient (Wildman–Crippen LogP) is 2.91. The Morgan fingerprint density at radius 1 is 0.964 bits per heavy atom. The Bertz CT molecular complexity index is 1030. The minimum absolute atomic E-state index is 0.156. The number of piperazine rings is 1. The first-order valence-electron chi connectivity index (χ1n) is 8.98. The molecule has 1 aliphatic heterocycles. The molecular formula is C20H19F2N5O. The monoisotopic (exact) mass is 383 g/mol. The number of likely N-dealkylation sites (N-methyl/N-ethyl adjacent to an activating group) is 1. The molecule has 0 unspecified atom stereocenters. The maximum Gasteiger partial charge on any atom is 0.278 e. The van der Waals surface area contributed by atoms with Gasteiger partial charge in [-0.3, -0.25) is 4.79 Å². The first-order valence-corrected chi connectivity index (χ1v) is 8.98. The van der Waals surface area contributed by atoms with E-state index in [1.807, 2.05) is 30.1 Å². The molecular weight excluding hydrogens is 364 g/mol. The Balaban J connectivity index is 1.71. The SMILES string of the molecule is CN1CCN(c2nc3ccccc3nc2C(=O)Nc2ccc(F)c(F)c2)CC1. The van der Waals surface area contributed by atoms with Gasteiger partial charge in [0.05, 0.1) is 11.0 Å². The van der Waals surface area contributed by atoms with E-state index in [-0.39, 0.29) is 11.4 Å². The van der Waals surface area contributed by atoms with Gasteiger partial charge in [0.15, 0.2) is 23.1 Å². The number of rotatable bonds is 3. The summed E-state index contributed by atoms with van der Waals surface area (Å²) in [5, 5.41) is 2.59. The molecule has 4 rings (SSSR count). The minimum Gasteiger partial charge on any atom is -0.352 e. The molecule has 2 heterocycles. The van der Waals surface area contributed by atoms with Crippen molar-refractivity contribution in [1.29, 1.82) is 0 Å². The molecule has 0 radical (unpaired) electrons. The second-order valence-electron chi connectivity index (χ2n) is 6.76. The number of anilines is 2. The summed E-state index contributed by atoms with van der Waals surface area (Å²) in [7, 11) is 2.04. The normalized spacial score (nSPS) is 15.0. The van der Waals surface area contributed by atoms with Crippen LogP contribution in [0.1, 0.15) is 10.5 Å². The van der Waals surface area contributed by atoms with Gasteiger partial charge in [0, 0.05) is 37.9 Å². The van der Waals surface area contributed by atoms with Crippen molar-refractivity contribution in [1.82, 2.24) is 14.9 Å². The second kappa shape index (κ2) is 7.47. The lowest BCUT2D eigenvalue weighted by atomic mass is 10.2.